The predicted octanol–water partition coefficient (Wildman–Crippen LogP) is 4.08. The molecule has 0 saturated heterocycles. The van der Waals surface area contributed by atoms with E-state index in [0.717, 1.165) is 0 Å². The minimum absolute atomic E-state index is 0.234. The van der Waals surface area contributed by atoms with Gasteiger partial charge < -0.3 is 0 Å². The maximum atomic E-state index is 4.07. The molecule has 1 heteroatoms. The van der Waals surface area contributed by atoms with E-state index in [1.165, 1.54) is 4.91 Å². The van der Waals surface area contributed by atoms with Gasteiger partial charge in [0.25, 0.3) is 0 Å². The summed E-state index contributed by atoms with van der Waals surface area (Å²) in [5.41, 5.74) is 0.234. The van der Waals surface area contributed by atoms with Gasteiger partial charge in [0.2, 0.25) is 0 Å². The van der Waals surface area contributed by atoms with Crippen LogP contribution >= 0.6 is 11.8 Å². The predicted molar refractivity (Wildman–Crippen MR) is 55.9 cm³/mol. The second-order valence-electron chi connectivity index (χ2n) is 4.89. The van der Waals surface area contributed by atoms with Gasteiger partial charge in [0.1, 0.15) is 0 Å². The van der Waals surface area contributed by atoms with Crippen molar-refractivity contribution in [1.82, 2.24) is 0 Å². The van der Waals surface area contributed by atoms with Crippen LogP contribution < -0.4 is 0 Å². The van der Waals surface area contributed by atoms with Crippen LogP contribution in [0.2, 0.25) is 0 Å². The van der Waals surface area contributed by atoms with Crippen molar-refractivity contribution in [3.8, 4) is 0 Å². The minimum atomic E-state index is 0.234. The molecule has 0 bridgehead atoms. The van der Waals surface area contributed by atoms with Crippen molar-refractivity contribution in [3.63, 3.8) is 0 Å². The van der Waals surface area contributed by atoms with E-state index >= 15 is 0 Å². The zero-order chi connectivity index (χ0) is 9.28. The minimum Gasteiger partial charge on any atom is -0.125 e. The lowest BCUT2D eigenvalue weighted by atomic mass is 9.97. The Hall–Kier alpha value is 0.0900. The summed E-state index contributed by atoms with van der Waals surface area (Å²) >= 11 is 1.87. The van der Waals surface area contributed by atoms with Gasteiger partial charge in [0.05, 0.1) is 0 Å². The first kappa shape index (κ1) is 11.1. The van der Waals surface area contributed by atoms with E-state index in [9.17, 15) is 0 Å². The molecular formula is C10H20S. The summed E-state index contributed by atoms with van der Waals surface area (Å²) in [5.74, 6) is 0. The number of rotatable bonds is 1. The second-order valence-corrected chi connectivity index (χ2v) is 6.81. The SMILES string of the molecule is C=C(SC(C)(C)C)C(C)(C)C. The molecule has 0 saturated carbocycles. The van der Waals surface area contributed by atoms with Gasteiger partial charge in [-0.15, -0.1) is 11.8 Å². The van der Waals surface area contributed by atoms with E-state index in [2.05, 4.69) is 48.1 Å². The smallest absolute Gasteiger partial charge is 0.0119 e. The van der Waals surface area contributed by atoms with E-state index in [1.54, 1.807) is 0 Å². The molecule has 0 rings (SSSR count). The average Bonchev–Trinajstić information content (AvgIpc) is 1.56. The van der Waals surface area contributed by atoms with Gasteiger partial charge in [-0.1, -0.05) is 48.1 Å². The third-order valence-corrected chi connectivity index (χ3v) is 2.74. The molecule has 0 atom stereocenters. The van der Waals surface area contributed by atoms with E-state index in [1.807, 2.05) is 11.8 Å². The van der Waals surface area contributed by atoms with Gasteiger partial charge >= 0.3 is 0 Å². The monoisotopic (exact) mass is 172 g/mol. The Kier molecular flexibility index (Phi) is 3.25. The van der Waals surface area contributed by atoms with Crippen LogP contribution in [0.3, 0.4) is 0 Å². The average molecular weight is 172 g/mol. The van der Waals surface area contributed by atoms with Gasteiger partial charge in [-0.05, 0) is 10.3 Å². The van der Waals surface area contributed by atoms with Crippen LogP contribution in [0.5, 0.6) is 0 Å². The summed E-state index contributed by atoms with van der Waals surface area (Å²) in [5, 5.41) is 0. The summed E-state index contributed by atoms with van der Waals surface area (Å²) in [6.45, 7) is 17.3. The number of thioether (sulfide) groups is 1. The Balaban J connectivity index is 4.11. The van der Waals surface area contributed by atoms with Crippen LogP contribution in [-0.2, 0) is 0 Å². The lowest BCUT2D eigenvalue weighted by Gasteiger charge is -2.27. The highest BCUT2D eigenvalue weighted by Gasteiger charge is 2.21. The van der Waals surface area contributed by atoms with E-state index < -0.39 is 0 Å². The first-order valence-electron chi connectivity index (χ1n) is 4.01. The van der Waals surface area contributed by atoms with E-state index in [0.29, 0.717) is 4.75 Å². The lowest BCUT2D eigenvalue weighted by Crippen LogP contribution is -2.14. The molecule has 0 aliphatic heterocycles. The molecule has 66 valence electrons. The summed E-state index contributed by atoms with van der Waals surface area (Å²) in [6, 6.07) is 0. The highest BCUT2D eigenvalue weighted by atomic mass is 32.2. The second kappa shape index (κ2) is 3.22. The summed E-state index contributed by atoms with van der Waals surface area (Å²) < 4.78 is 0.296. The fraction of sp³-hybridized carbons (Fsp3) is 0.800. The van der Waals surface area contributed by atoms with Crippen LogP contribution in [0.25, 0.3) is 0 Å². The number of allylic oxidation sites excluding steroid dienone is 1. The Labute approximate surface area is 75.5 Å². The zero-order valence-corrected chi connectivity index (χ0v) is 9.43. The maximum absolute atomic E-state index is 4.07. The molecule has 0 aromatic rings. The fourth-order valence-corrected chi connectivity index (χ4v) is 1.57. The fourth-order valence-electron chi connectivity index (χ4n) is 0.523. The number of hydrogen-bond acceptors (Lipinski definition) is 1. The standard InChI is InChI=1S/C10H20S/c1-8(9(2,3)4)11-10(5,6)7/h1H2,2-7H3. The van der Waals surface area contributed by atoms with Gasteiger partial charge in [0.15, 0.2) is 0 Å². The van der Waals surface area contributed by atoms with Gasteiger partial charge in [-0.25, -0.2) is 0 Å². The van der Waals surface area contributed by atoms with Crippen LogP contribution in [0.15, 0.2) is 11.5 Å². The van der Waals surface area contributed by atoms with Crippen molar-refractivity contribution < 1.29 is 0 Å². The third kappa shape index (κ3) is 5.37. The Morgan fingerprint density at radius 3 is 1.45 bits per heavy atom. The van der Waals surface area contributed by atoms with E-state index in [-0.39, 0.29) is 5.41 Å². The van der Waals surface area contributed by atoms with Crippen molar-refractivity contribution in [2.24, 2.45) is 5.41 Å². The molecule has 0 nitrogen and oxygen atoms in total. The zero-order valence-electron chi connectivity index (χ0n) is 8.62. The van der Waals surface area contributed by atoms with Crippen LogP contribution in [0.4, 0.5) is 0 Å². The Bertz CT molecular complexity index is 143. The first-order chi connectivity index (χ1) is 4.63. The van der Waals surface area contributed by atoms with Crippen molar-refractivity contribution in [2.75, 3.05) is 0 Å². The normalized spacial score (nSPS) is 13.3. The molecule has 0 aromatic carbocycles. The Morgan fingerprint density at radius 2 is 1.36 bits per heavy atom. The van der Waals surface area contributed by atoms with Crippen molar-refractivity contribution >= 4 is 11.8 Å². The molecular weight excluding hydrogens is 152 g/mol. The van der Waals surface area contributed by atoms with Gasteiger partial charge in [-0.3, -0.25) is 0 Å². The van der Waals surface area contributed by atoms with Gasteiger partial charge in [0, 0.05) is 4.75 Å². The molecule has 0 radical (unpaired) electrons. The topological polar surface area (TPSA) is 0 Å². The molecule has 0 spiro atoms. The highest BCUT2D eigenvalue weighted by molar-refractivity contribution is 8.04. The molecule has 0 unspecified atom stereocenters. The first-order valence-corrected chi connectivity index (χ1v) is 4.83. The summed E-state index contributed by atoms with van der Waals surface area (Å²) in [7, 11) is 0. The van der Waals surface area contributed by atoms with Crippen LogP contribution in [0, 0.1) is 5.41 Å². The number of hydrogen-bond donors (Lipinski definition) is 0. The molecule has 0 amide bonds. The molecule has 0 N–H and O–H groups in total. The maximum Gasteiger partial charge on any atom is 0.0119 e. The summed E-state index contributed by atoms with van der Waals surface area (Å²) in [4.78, 5) is 1.27. The molecule has 0 aliphatic carbocycles. The molecule has 11 heavy (non-hydrogen) atoms. The lowest BCUT2D eigenvalue weighted by molar-refractivity contribution is 0.533. The Morgan fingerprint density at radius 1 is 1.00 bits per heavy atom. The largest absolute Gasteiger partial charge is 0.125 e. The van der Waals surface area contributed by atoms with Crippen LogP contribution in [0.1, 0.15) is 41.5 Å². The van der Waals surface area contributed by atoms with E-state index in [4.69, 9.17) is 0 Å². The quantitative estimate of drug-likeness (QED) is 0.574. The molecule has 0 fully saturated rings. The van der Waals surface area contributed by atoms with Gasteiger partial charge in [-0.2, -0.15) is 0 Å². The van der Waals surface area contributed by atoms with Crippen molar-refractivity contribution in [2.45, 2.75) is 46.3 Å². The summed E-state index contributed by atoms with van der Waals surface area (Å²) in [6.07, 6.45) is 0. The highest BCUT2D eigenvalue weighted by Crippen LogP contribution is 2.39. The molecule has 0 heterocycles. The third-order valence-electron chi connectivity index (χ3n) is 1.27. The van der Waals surface area contributed by atoms with Crippen molar-refractivity contribution in [1.29, 1.82) is 0 Å². The van der Waals surface area contributed by atoms with Crippen molar-refractivity contribution in [3.05, 3.63) is 11.5 Å². The molecule has 0 aromatic heterocycles. The van der Waals surface area contributed by atoms with Crippen LogP contribution in [-0.4, -0.2) is 4.75 Å². The molecule has 0 aliphatic rings.